The highest BCUT2D eigenvalue weighted by Crippen LogP contribution is 2.67. The van der Waals surface area contributed by atoms with E-state index in [-0.39, 0.29) is 30.1 Å². The summed E-state index contributed by atoms with van der Waals surface area (Å²) in [4.78, 5) is 25.2. The van der Waals surface area contributed by atoms with Gasteiger partial charge in [0, 0.05) is 43.1 Å². The number of ketones is 1. The first kappa shape index (κ1) is 22.2. The fraction of sp³-hybridized carbons (Fsp3) is 0.913. The van der Waals surface area contributed by atoms with E-state index in [0.29, 0.717) is 25.9 Å². The molecular formula is C23H36O7. The Morgan fingerprint density at radius 3 is 2.50 bits per heavy atom. The molecule has 1 N–H and O–H groups in total. The number of carbonyl (C=O) groups excluding carboxylic acids is 2. The van der Waals surface area contributed by atoms with Crippen LogP contribution in [0.15, 0.2) is 0 Å². The van der Waals surface area contributed by atoms with E-state index in [1.807, 2.05) is 20.8 Å². The average Bonchev–Trinajstić information content (AvgIpc) is 3.26. The third-order valence-corrected chi connectivity index (χ3v) is 8.88. The van der Waals surface area contributed by atoms with Crippen LogP contribution in [0.25, 0.3) is 0 Å². The van der Waals surface area contributed by atoms with E-state index in [2.05, 4.69) is 6.92 Å². The van der Waals surface area contributed by atoms with Gasteiger partial charge in [0.2, 0.25) is 0 Å². The number of aliphatic hydroxyl groups excluding tert-OH is 1. The van der Waals surface area contributed by atoms with Gasteiger partial charge in [-0.05, 0) is 25.7 Å². The highest BCUT2D eigenvalue weighted by Gasteiger charge is 2.73. The van der Waals surface area contributed by atoms with Gasteiger partial charge in [-0.25, -0.2) is 0 Å². The zero-order valence-corrected chi connectivity index (χ0v) is 19.0. The lowest BCUT2D eigenvalue weighted by Gasteiger charge is -2.64. The molecule has 170 valence electrons. The first-order valence-electron chi connectivity index (χ1n) is 11.2. The monoisotopic (exact) mass is 424 g/mol. The first-order valence-corrected chi connectivity index (χ1v) is 11.2. The maximum absolute atomic E-state index is 13.5. The van der Waals surface area contributed by atoms with Crippen LogP contribution in [0.5, 0.6) is 0 Å². The first-order chi connectivity index (χ1) is 13.9. The van der Waals surface area contributed by atoms with Crippen molar-refractivity contribution in [3.8, 4) is 0 Å². The number of ether oxygens (including phenoxy) is 4. The number of aliphatic hydroxyl groups is 1. The molecule has 0 aromatic rings. The second-order valence-electron chi connectivity index (χ2n) is 10.8. The minimum atomic E-state index is -1.10. The zero-order valence-electron chi connectivity index (χ0n) is 19.0. The normalized spacial score (nSPS) is 50.1. The summed E-state index contributed by atoms with van der Waals surface area (Å²) < 4.78 is 23.8. The van der Waals surface area contributed by atoms with Crippen LogP contribution in [0, 0.1) is 22.7 Å². The van der Waals surface area contributed by atoms with Crippen molar-refractivity contribution in [2.75, 3.05) is 13.7 Å². The summed E-state index contributed by atoms with van der Waals surface area (Å²) >= 11 is 0. The smallest absolute Gasteiger partial charge is 0.302 e. The van der Waals surface area contributed by atoms with Gasteiger partial charge >= 0.3 is 5.97 Å². The fourth-order valence-corrected chi connectivity index (χ4v) is 7.38. The van der Waals surface area contributed by atoms with Crippen LogP contribution >= 0.6 is 0 Å². The Kier molecular flexibility index (Phi) is 5.17. The summed E-state index contributed by atoms with van der Waals surface area (Å²) in [5, 5.41) is 11.1. The standard InChI is InChI=1S/C23H36O7/c1-13-17(25)18(26)19-20(3,4)15(29-14(2)24)7-8-21(19,5)23(13)10-9-22(30-23)11-16(27-6)28-12-22/h13,15-17,19,25H,7-12H2,1-6H3/t13-,15-,16+,17-,19+,21+,22+,23-/m1/s1. The van der Waals surface area contributed by atoms with Gasteiger partial charge in [0.05, 0.1) is 17.8 Å². The Bertz CT molecular complexity index is 735. The number of hydrogen-bond acceptors (Lipinski definition) is 7. The predicted molar refractivity (Wildman–Crippen MR) is 107 cm³/mol. The van der Waals surface area contributed by atoms with Crippen LogP contribution in [-0.2, 0) is 28.5 Å². The molecule has 0 unspecified atom stereocenters. The van der Waals surface area contributed by atoms with Crippen molar-refractivity contribution < 1.29 is 33.6 Å². The second-order valence-corrected chi connectivity index (χ2v) is 10.8. The van der Waals surface area contributed by atoms with Gasteiger partial charge in [0.25, 0.3) is 0 Å². The molecule has 7 nitrogen and oxygen atoms in total. The topological polar surface area (TPSA) is 91.3 Å². The molecule has 0 aromatic heterocycles. The fourth-order valence-electron chi connectivity index (χ4n) is 7.38. The van der Waals surface area contributed by atoms with Crippen molar-refractivity contribution in [3.05, 3.63) is 0 Å². The molecule has 0 aromatic carbocycles. The van der Waals surface area contributed by atoms with Gasteiger partial charge in [0.1, 0.15) is 12.2 Å². The molecule has 2 aliphatic carbocycles. The highest BCUT2D eigenvalue weighted by molar-refractivity contribution is 5.89. The minimum absolute atomic E-state index is 0.153. The van der Waals surface area contributed by atoms with Crippen molar-refractivity contribution in [3.63, 3.8) is 0 Å². The van der Waals surface area contributed by atoms with Crippen LogP contribution in [-0.4, -0.2) is 60.3 Å². The number of fused-ring (bicyclic) bond motifs is 2. The molecule has 2 aliphatic heterocycles. The van der Waals surface area contributed by atoms with Gasteiger partial charge < -0.3 is 24.1 Å². The van der Waals surface area contributed by atoms with Crippen LogP contribution in [0.1, 0.15) is 66.7 Å². The van der Waals surface area contributed by atoms with Gasteiger partial charge in [-0.2, -0.15) is 0 Å². The molecule has 2 saturated carbocycles. The van der Waals surface area contributed by atoms with Crippen LogP contribution in [0.3, 0.4) is 0 Å². The molecule has 2 saturated heterocycles. The van der Waals surface area contributed by atoms with Gasteiger partial charge in [-0.3, -0.25) is 9.59 Å². The van der Waals surface area contributed by atoms with E-state index < -0.39 is 34.1 Å². The maximum atomic E-state index is 13.5. The Morgan fingerprint density at radius 2 is 1.90 bits per heavy atom. The Labute approximate surface area is 178 Å². The third kappa shape index (κ3) is 2.85. The van der Waals surface area contributed by atoms with Gasteiger partial charge in [-0.1, -0.05) is 27.7 Å². The van der Waals surface area contributed by atoms with Crippen LogP contribution in [0.4, 0.5) is 0 Å². The molecule has 30 heavy (non-hydrogen) atoms. The lowest BCUT2D eigenvalue weighted by molar-refractivity contribution is -0.266. The predicted octanol–water partition coefficient (Wildman–Crippen LogP) is 2.62. The molecule has 7 heteroatoms. The van der Waals surface area contributed by atoms with Gasteiger partial charge in [0.15, 0.2) is 12.1 Å². The molecule has 4 aliphatic rings. The molecular weight excluding hydrogens is 388 g/mol. The number of Topliss-reactive ketones (excluding diaryl/α,β-unsaturated/α-hetero) is 1. The van der Waals surface area contributed by atoms with Crippen molar-refractivity contribution in [2.45, 2.75) is 96.4 Å². The third-order valence-electron chi connectivity index (χ3n) is 8.88. The molecule has 2 heterocycles. The molecule has 8 atom stereocenters. The summed E-state index contributed by atoms with van der Waals surface area (Å²) in [5.41, 5.74) is -2.17. The van der Waals surface area contributed by atoms with E-state index in [1.165, 1.54) is 6.92 Å². The zero-order chi connectivity index (χ0) is 22.1. The number of esters is 1. The number of hydrogen-bond donors (Lipinski definition) is 1. The number of carbonyl (C=O) groups is 2. The van der Waals surface area contributed by atoms with E-state index >= 15 is 0 Å². The minimum Gasteiger partial charge on any atom is -0.462 e. The number of methoxy groups -OCH3 is 1. The van der Waals surface area contributed by atoms with Crippen LogP contribution in [0.2, 0.25) is 0 Å². The molecule has 0 bridgehead atoms. The summed E-state index contributed by atoms with van der Waals surface area (Å²) in [6, 6.07) is 0. The van der Waals surface area contributed by atoms with E-state index in [9.17, 15) is 14.7 Å². The Balaban J connectivity index is 1.74. The van der Waals surface area contributed by atoms with Crippen LogP contribution < -0.4 is 0 Å². The molecule has 4 rings (SSSR count). The van der Waals surface area contributed by atoms with E-state index in [0.717, 1.165) is 12.8 Å². The molecule has 4 fully saturated rings. The second kappa shape index (κ2) is 6.99. The van der Waals surface area contributed by atoms with Gasteiger partial charge in [-0.15, -0.1) is 0 Å². The average molecular weight is 425 g/mol. The van der Waals surface area contributed by atoms with Crippen molar-refractivity contribution >= 4 is 11.8 Å². The molecule has 0 amide bonds. The largest absolute Gasteiger partial charge is 0.462 e. The quantitative estimate of drug-likeness (QED) is 0.681. The summed E-state index contributed by atoms with van der Waals surface area (Å²) in [6.07, 6.45) is 1.85. The lowest BCUT2D eigenvalue weighted by Crippen LogP contribution is -2.71. The maximum Gasteiger partial charge on any atom is 0.302 e. The Morgan fingerprint density at radius 1 is 1.20 bits per heavy atom. The van der Waals surface area contributed by atoms with E-state index in [1.54, 1.807) is 7.11 Å². The summed E-state index contributed by atoms with van der Waals surface area (Å²) in [7, 11) is 1.64. The summed E-state index contributed by atoms with van der Waals surface area (Å²) in [5.74, 6) is -1.29. The molecule has 0 radical (unpaired) electrons. The number of rotatable bonds is 2. The SMILES string of the molecule is CO[C@@H]1C[C@@]2(CC[C@@]3(O2)[C@H](C)[C@@H](O)C(=O)[C@H]2C(C)(C)[C@H](OC(C)=O)CC[C@@]23C)CO1. The van der Waals surface area contributed by atoms with Crippen molar-refractivity contribution in [1.82, 2.24) is 0 Å². The summed E-state index contributed by atoms with van der Waals surface area (Å²) in [6.45, 7) is 9.93. The van der Waals surface area contributed by atoms with Crippen molar-refractivity contribution in [2.24, 2.45) is 22.7 Å². The molecule has 2 spiro atoms. The Hall–Kier alpha value is -1.02. The lowest BCUT2D eigenvalue weighted by atomic mass is 9.43. The highest BCUT2D eigenvalue weighted by atomic mass is 16.7. The van der Waals surface area contributed by atoms with Crippen molar-refractivity contribution in [1.29, 1.82) is 0 Å². The van der Waals surface area contributed by atoms with E-state index in [4.69, 9.17) is 18.9 Å².